The van der Waals surface area contributed by atoms with Crippen LogP contribution in [-0.2, 0) is 26.0 Å². The Bertz CT molecular complexity index is 1490. The van der Waals surface area contributed by atoms with Gasteiger partial charge in [0.15, 0.2) is 0 Å². The van der Waals surface area contributed by atoms with Crippen molar-refractivity contribution in [2.75, 3.05) is 24.5 Å². The highest BCUT2D eigenvalue weighted by molar-refractivity contribution is 7.92. The summed E-state index contributed by atoms with van der Waals surface area (Å²) in [5.74, 6) is -0.323. The van der Waals surface area contributed by atoms with E-state index < -0.39 is 28.5 Å². The van der Waals surface area contributed by atoms with Gasteiger partial charge in [-0.25, -0.2) is 8.42 Å². The number of sulfonamides is 1. The van der Waals surface area contributed by atoms with E-state index in [0.29, 0.717) is 18.6 Å². The van der Waals surface area contributed by atoms with Crippen LogP contribution in [0.25, 0.3) is 0 Å². The number of ether oxygens (including phenoxy) is 1. The number of methoxy groups -OCH3 is 1. The van der Waals surface area contributed by atoms with E-state index in [1.54, 1.807) is 41.3 Å². The molecule has 1 aliphatic rings. The minimum atomic E-state index is -4.18. The van der Waals surface area contributed by atoms with Crippen molar-refractivity contribution in [3.8, 4) is 5.75 Å². The van der Waals surface area contributed by atoms with E-state index in [9.17, 15) is 18.0 Å². The molecule has 0 spiro atoms. The van der Waals surface area contributed by atoms with E-state index in [-0.39, 0.29) is 29.1 Å². The van der Waals surface area contributed by atoms with Gasteiger partial charge in [-0.3, -0.25) is 13.9 Å². The first-order chi connectivity index (χ1) is 20.6. The lowest BCUT2D eigenvalue weighted by atomic mass is 10.1. The molecule has 4 rings (SSSR count). The molecule has 0 bridgehead atoms. The summed E-state index contributed by atoms with van der Waals surface area (Å²) in [6.07, 6.45) is 4.92. The molecule has 1 atom stereocenters. The summed E-state index contributed by atoms with van der Waals surface area (Å²) in [5.41, 5.74) is 3.02. The number of carbonyl (C=O) groups excluding carboxylic acids is 2. The van der Waals surface area contributed by atoms with Gasteiger partial charge >= 0.3 is 0 Å². The van der Waals surface area contributed by atoms with E-state index in [1.807, 2.05) is 57.2 Å². The number of amides is 2. The van der Waals surface area contributed by atoms with Crippen molar-refractivity contribution < 1.29 is 22.7 Å². The van der Waals surface area contributed by atoms with E-state index >= 15 is 0 Å². The Kier molecular flexibility index (Phi) is 10.9. The van der Waals surface area contributed by atoms with Gasteiger partial charge < -0.3 is 15.0 Å². The van der Waals surface area contributed by atoms with Gasteiger partial charge in [0.1, 0.15) is 18.3 Å². The van der Waals surface area contributed by atoms with E-state index in [4.69, 9.17) is 4.74 Å². The molecule has 0 aliphatic heterocycles. The molecule has 0 aromatic heterocycles. The molecule has 3 aromatic carbocycles. The van der Waals surface area contributed by atoms with Crippen LogP contribution in [0, 0.1) is 13.8 Å². The summed E-state index contributed by atoms with van der Waals surface area (Å²) >= 11 is 0. The molecule has 1 saturated carbocycles. The summed E-state index contributed by atoms with van der Waals surface area (Å²) in [5, 5.41) is 3.15. The number of nitrogens with zero attached hydrogens (tertiary/aromatic N) is 2. The minimum absolute atomic E-state index is 0.0660. The average Bonchev–Trinajstić information content (AvgIpc) is 3.51. The maximum absolute atomic E-state index is 14.3. The third-order valence-corrected chi connectivity index (χ3v) is 9.84. The summed E-state index contributed by atoms with van der Waals surface area (Å²) in [4.78, 5) is 29.5. The van der Waals surface area contributed by atoms with Gasteiger partial charge in [0, 0.05) is 12.6 Å². The third kappa shape index (κ3) is 7.96. The van der Waals surface area contributed by atoms with E-state index in [0.717, 1.165) is 46.7 Å². The first kappa shape index (κ1) is 32.1. The lowest BCUT2D eigenvalue weighted by Crippen LogP contribution is -2.54. The van der Waals surface area contributed by atoms with Crippen molar-refractivity contribution in [1.29, 1.82) is 0 Å². The van der Waals surface area contributed by atoms with Crippen LogP contribution in [0.5, 0.6) is 5.75 Å². The fourth-order valence-corrected chi connectivity index (χ4v) is 7.03. The fraction of sp³-hybridized carbons (Fsp3) is 0.412. The highest BCUT2D eigenvalue weighted by atomic mass is 32.2. The van der Waals surface area contributed by atoms with Crippen molar-refractivity contribution in [3.05, 3.63) is 89.5 Å². The lowest BCUT2D eigenvalue weighted by Gasteiger charge is -2.34. The molecular weight excluding hydrogens is 562 g/mol. The summed E-state index contributed by atoms with van der Waals surface area (Å²) < 4.78 is 35.0. The molecule has 1 fully saturated rings. The average molecular weight is 606 g/mol. The first-order valence-corrected chi connectivity index (χ1v) is 16.5. The third-order valence-electron chi connectivity index (χ3n) is 8.06. The monoisotopic (exact) mass is 605 g/mol. The number of carbonyl (C=O) groups is 2. The Balaban J connectivity index is 1.72. The number of aryl methyl sites for hydroxylation is 2. The molecule has 0 saturated heterocycles. The highest BCUT2D eigenvalue weighted by Gasteiger charge is 2.35. The van der Waals surface area contributed by atoms with Gasteiger partial charge in [-0.05, 0) is 74.9 Å². The van der Waals surface area contributed by atoms with Crippen LogP contribution >= 0.6 is 0 Å². The maximum Gasteiger partial charge on any atom is 0.264 e. The smallest absolute Gasteiger partial charge is 0.264 e. The number of benzene rings is 3. The summed E-state index contributed by atoms with van der Waals surface area (Å²) in [6, 6.07) is 20.9. The zero-order valence-corrected chi connectivity index (χ0v) is 26.4. The first-order valence-electron chi connectivity index (χ1n) is 15.0. The van der Waals surface area contributed by atoms with Crippen molar-refractivity contribution in [3.63, 3.8) is 0 Å². The van der Waals surface area contributed by atoms with Crippen LogP contribution in [-0.4, -0.2) is 57.4 Å². The maximum atomic E-state index is 14.3. The molecule has 8 nitrogen and oxygen atoms in total. The number of nitrogens with one attached hydrogen (secondary N) is 1. The van der Waals surface area contributed by atoms with Crippen molar-refractivity contribution in [1.82, 2.24) is 10.2 Å². The second-order valence-corrected chi connectivity index (χ2v) is 13.1. The lowest BCUT2D eigenvalue weighted by molar-refractivity contribution is -0.139. The Labute approximate surface area is 256 Å². The number of hydrogen-bond donors (Lipinski definition) is 1. The van der Waals surface area contributed by atoms with Crippen LogP contribution in [0.4, 0.5) is 5.69 Å². The summed E-state index contributed by atoms with van der Waals surface area (Å²) in [7, 11) is -2.71. The second-order valence-electron chi connectivity index (χ2n) is 11.2. The van der Waals surface area contributed by atoms with Crippen LogP contribution in [0.15, 0.2) is 77.7 Å². The quantitative estimate of drug-likeness (QED) is 0.281. The molecule has 0 heterocycles. The van der Waals surface area contributed by atoms with Gasteiger partial charge in [0.25, 0.3) is 10.0 Å². The second kappa shape index (κ2) is 14.6. The Morgan fingerprint density at radius 2 is 1.60 bits per heavy atom. The molecule has 43 heavy (non-hydrogen) atoms. The summed E-state index contributed by atoms with van der Waals surface area (Å²) in [6.45, 7) is 5.40. The van der Waals surface area contributed by atoms with Gasteiger partial charge in [-0.15, -0.1) is 0 Å². The molecule has 2 amide bonds. The molecule has 9 heteroatoms. The fourth-order valence-electron chi connectivity index (χ4n) is 5.61. The van der Waals surface area contributed by atoms with Crippen LogP contribution in [0.2, 0.25) is 0 Å². The molecule has 1 aliphatic carbocycles. The molecule has 230 valence electrons. The highest BCUT2D eigenvalue weighted by Crippen LogP contribution is 2.34. The van der Waals surface area contributed by atoms with Crippen molar-refractivity contribution in [2.24, 2.45) is 0 Å². The van der Waals surface area contributed by atoms with Crippen LogP contribution in [0.3, 0.4) is 0 Å². The van der Waals surface area contributed by atoms with Gasteiger partial charge in [0.2, 0.25) is 11.8 Å². The molecule has 0 unspecified atom stereocenters. The zero-order chi connectivity index (χ0) is 31.0. The van der Waals surface area contributed by atoms with Gasteiger partial charge in [-0.2, -0.15) is 0 Å². The van der Waals surface area contributed by atoms with Gasteiger partial charge in [-0.1, -0.05) is 73.9 Å². The predicted molar refractivity (Wildman–Crippen MR) is 170 cm³/mol. The Morgan fingerprint density at radius 3 is 2.23 bits per heavy atom. The normalized spacial score (nSPS) is 14.2. The predicted octanol–water partition coefficient (Wildman–Crippen LogP) is 5.42. The Hall–Kier alpha value is -3.85. The zero-order valence-electron chi connectivity index (χ0n) is 25.6. The van der Waals surface area contributed by atoms with Crippen molar-refractivity contribution in [2.45, 2.75) is 76.3 Å². The number of anilines is 1. The number of rotatable bonds is 13. The molecule has 3 aromatic rings. The van der Waals surface area contributed by atoms with E-state index in [1.165, 1.54) is 7.11 Å². The van der Waals surface area contributed by atoms with Crippen LogP contribution in [0.1, 0.15) is 55.7 Å². The SMILES string of the molecule is CC[C@@H](C(=O)NC1CCCC1)N(CCc1ccccc1)C(=O)CN(c1cc(C)ccc1OC)S(=O)(=O)c1ccc(C)cc1. The Morgan fingerprint density at radius 1 is 0.953 bits per heavy atom. The standard InChI is InChI=1S/C34H43N3O5S/c1-5-30(34(39)35-28-13-9-10-14-28)36(22-21-27-11-7-6-8-12-27)33(38)24-37(31-23-26(3)17-20-32(31)42-4)43(40,41)29-18-15-25(2)16-19-29/h6-8,11-12,15-20,23,28,30H,5,9-10,13-14,21-22,24H2,1-4H3,(H,35,39)/t30-/m0/s1. The number of hydrogen-bond acceptors (Lipinski definition) is 5. The molecule has 1 N–H and O–H groups in total. The molecule has 0 radical (unpaired) electrons. The molecular formula is C34H43N3O5S. The minimum Gasteiger partial charge on any atom is -0.495 e. The van der Waals surface area contributed by atoms with Crippen LogP contribution < -0.4 is 14.4 Å². The van der Waals surface area contributed by atoms with E-state index in [2.05, 4.69) is 5.32 Å². The topological polar surface area (TPSA) is 96.0 Å². The van der Waals surface area contributed by atoms with Crippen molar-refractivity contribution >= 4 is 27.5 Å². The largest absolute Gasteiger partial charge is 0.495 e. The van der Waals surface area contributed by atoms with Gasteiger partial charge in [0.05, 0.1) is 17.7 Å².